The SMILES string of the molecule is CC[C@H](O)C1C[C@H](O)[C@H](/C=C/[C@@H](O)CCCCCCCC(=O)O)O1. The summed E-state index contributed by atoms with van der Waals surface area (Å²) in [5.41, 5.74) is 0. The van der Waals surface area contributed by atoms with Gasteiger partial charge in [0.1, 0.15) is 6.10 Å². The molecule has 0 aromatic heterocycles. The van der Waals surface area contributed by atoms with Crippen LogP contribution in [0.5, 0.6) is 0 Å². The average molecular weight is 344 g/mol. The molecule has 0 aromatic rings. The highest BCUT2D eigenvalue weighted by molar-refractivity contribution is 5.66. The van der Waals surface area contributed by atoms with Crippen molar-refractivity contribution in [1.82, 2.24) is 0 Å². The monoisotopic (exact) mass is 344 g/mol. The number of aliphatic carboxylic acids is 1. The van der Waals surface area contributed by atoms with E-state index in [1.165, 1.54) is 0 Å². The van der Waals surface area contributed by atoms with Crippen LogP contribution in [0.25, 0.3) is 0 Å². The number of carboxylic acid groups (broad SMARTS) is 1. The molecule has 0 bridgehead atoms. The quantitative estimate of drug-likeness (QED) is 0.319. The minimum Gasteiger partial charge on any atom is -0.481 e. The highest BCUT2D eigenvalue weighted by Gasteiger charge is 2.35. The Balaban J connectivity index is 2.15. The van der Waals surface area contributed by atoms with Crippen LogP contribution < -0.4 is 0 Å². The molecule has 6 heteroatoms. The largest absolute Gasteiger partial charge is 0.481 e. The number of ether oxygens (including phenoxy) is 1. The van der Waals surface area contributed by atoms with Crippen LogP contribution in [0.15, 0.2) is 12.2 Å². The second-order valence-corrected chi connectivity index (χ2v) is 6.57. The van der Waals surface area contributed by atoms with Gasteiger partial charge in [-0.2, -0.15) is 0 Å². The summed E-state index contributed by atoms with van der Waals surface area (Å²) in [7, 11) is 0. The van der Waals surface area contributed by atoms with Gasteiger partial charge in [-0.15, -0.1) is 0 Å². The first kappa shape index (κ1) is 21.1. The summed E-state index contributed by atoms with van der Waals surface area (Å²) in [5.74, 6) is -0.749. The molecule has 0 saturated carbocycles. The molecular formula is C18H32O6. The molecule has 1 aliphatic heterocycles. The maximum atomic E-state index is 10.4. The molecule has 1 aliphatic rings. The average Bonchev–Trinajstić information content (AvgIpc) is 2.92. The standard InChI is InChI=1S/C18H32O6/c1-2-14(20)17-12-15(21)16(24-17)11-10-13(19)8-6-4-3-5-7-9-18(22)23/h10-11,13-17,19-21H,2-9,12H2,1H3,(H,22,23)/b11-10+/t13-,14-,15-,16-,17?/m0/s1. The van der Waals surface area contributed by atoms with Gasteiger partial charge in [0, 0.05) is 12.8 Å². The van der Waals surface area contributed by atoms with Gasteiger partial charge < -0.3 is 25.2 Å². The van der Waals surface area contributed by atoms with Gasteiger partial charge in [-0.05, 0) is 19.3 Å². The van der Waals surface area contributed by atoms with E-state index in [1.807, 2.05) is 6.92 Å². The Bertz CT molecular complexity index is 384. The number of carbonyl (C=O) groups is 1. The first-order valence-corrected chi connectivity index (χ1v) is 9.03. The smallest absolute Gasteiger partial charge is 0.303 e. The van der Waals surface area contributed by atoms with Gasteiger partial charge in [0.05, 0.1) is 24.4 Å². The van der Waals surface area contributed by atoms with Gasteiger partial charge in [0.15, 0.2) is 0 Å². The predicted octanol–water partition coefficient (Wildman–Crippen LogP) is 2.01. The number of unbranched alkanes of at least 4 members (excludes halogenated alkanes) is 4. The van der Waals surface area contributed by atoms with Crippen molar-refractivity contribution in [2.24, 2.45) is 0 Å². The van der Waals surface area contributed by atoms with Crippen molar-refractivity contribution in [3.05, 3.63) is 12.2 Å². The summed E-state index contributed by atoms with van der Waals surface area (Å²) in [5, 5.41) is 38.2. The zero-order chi connectivity index (χ0) is 17.9. The summed E-state index contributed by atoms with van der Waals surface area (Å²) in [4.78, 5) is 10.4. The molecule has 1 heterocycles. The Labute approximate surface area is 144 Å². The Morgan fingerprint density at radius 3 is 2.54 bits per heavy atom. The maximum Gasteiger partial charge on any atom is 0.303 e. The Hall–Kier alpha value is -0.950. The van der Waals surface area contributed by atoms with Gasteiger partial charge >= 0.3 is 5.97 Å². The van der Waals surface area contributed by atoms with Crippen LogP contribution in [-0.2, 0) is 9.53 Å². The van der Waals surface area contributed by atoms with E-state index in [4.69, 9.17) is 9.84 Å². The minimum atomic E-state index is -0.749. The first-order chi connectivity index (χ1) is 11.4. The number of hydrogen-bond acceptors (Lipinski definition) is 5. The second kappa shape index (κ2) is 11.6. The molecule has 0 radical (unpaired) electrons. The lowest BCUT2D eigenvalue weighted by atomic mass is 10.0. The van der Waals surface area contributed by atoms with Gasteiger partial charge in [-0.1, -0.05) is 44.8 Å². The van der Waals surface area contributed by atoms with E-state index >= 15 is 0 Å². The molecule has 1 fully saturated rings. The van der Waals surface area contributed by atoms with Crippen LogP contribution in [-0.4, -0.2) is 56.9 Å². The third kappa shape index (κ3) is 8.24. The fourth-order valence-electron chi connectivity index (χ4n) is 2.90. The minimum absolute atomic E-state index is 0.225. The van der Waals surface area contributed by atoms with Crippen molar-refractivity contribution in [2.75, 3.05) is 0 Å². The van der Waals surface area contributed by atoms with Gasteiger partial charge in [-0.3, -0.25) is 4.79 Å². The lowest BCUT2D eigenvalue weighted by Crippen LogP contribution is -2.25. The van der Waals surface area contributed by atoms with E-state index in [2.05, 4.69) is 0 Å². The van der Waals surface area contributed by atoms with Crippen molar-refractivity contribution in [1.29, 1.82) is 0 Å². The van der Waals surface area contributed by atoms with Crippen LogP contribution >= 0.6 is 0 Å². The molecule has 5 atom stereocenters. The molecule has 1 saturated heterocycles. The molecule has 1 rings (SSSR count). The molecule has 24 heavy (non-hydrogen) atoms. The summed E-state index contributed by atoms with van der Waals surface area (Å²) in [6.45, 7) is 1.87. The topological polar surface area (TPSA) is 107 Å². The number of aliphatic hydroxyl groups excluding tert-OH is 3. The fraction of sp³-hybridized carbons (Fsp3) is 0.833. The van der Waals surface area contributed by atoms with Crippen molar-refractivity contribution >= 4 is 5.97 Å². The lowest BCUT2D eigenvalue weighted by Gasteiger charge is -2.16. The molecule has 4 N–H and O–H groups in total. The van der Waals surface area contributed by atoms with E-state index in [9.17, 15) is 20.1 Å². The maximum absolute atomic E-state index is 10.4. The Morgan fingerprint density at radius 2 is 1.88 bits per heavy atom. The van der Waals surface area contributed by atoms with Crippen LogP contribution in [0.2, 0.25) is 0 Å². The molecule has 0 spiro atoms. The summed E-state index contributed by atoms with van der Waals surface area (Å²) >= 11 is 0. The van der Waals surface area contributed by atoms with Crippen molar-refractivity contribution in [3.63, 3.8) is 0 Å². The molecule has 6 nitrogen and oxygen atoms in total. The van der Waals surface area contributed by atoms with E-state index < -0.39 is 30.4 Å². The third-order valence-corrected chi connectivity index (χ3v) is 4.45. The van der Waals surface area contributed by atoms with Crippen LogP contribution in [0.4, 0.5) is 0 Å². The van der Waals surface area contributed by atoms with Crippen molar-refractivity contribution < 1.29 is 30.0 Å². The van der Waals surface area contributed by atoms with Gasteiger partial charge in [0.2, 0.25) is 0 Å². The highest BCUT2D eigenvalue weighted by atomic mass is 16.5. The molecular weight excluding hydrogens is 312 g/mol. The second-order valence-electron chi connectivity index (χ2n) is 6.57. The van der Waals surface area contributed by atoms with E-state index in [-0.39, 0.29) is 12.5 Å². The molecule has 0 aliphatic carbocycles. The zero-order valence-electron chi connectivity index (χ0n) is 14.5. The van der Waals surface area contributed by atoms with Crippen LogP contribution in [0.1, 0.15) is 64.7 Å². The summed E-state index contributed by atoms with van der Waals surface area (Å²) in [6, 6.07) is 0. The number of hydrogen-bond donors (Lipinski definition) is 4. The molecule has 0 amide bonds. The first-order valence-electron chi connectivity index (χ1n) is 9.03. The van der Waals surface area contributed by atoms with Crippen molar-refractivity contribution in [3.8, 4) is 0 Å². The fourth-order valence-corrected chi connectivity index (χ4v) is 2.90. The molecule has 140 valence electrons. The predicted molar refractivity (Wildman–Crippen MR) is 90.7 cm³/mol. The number of rotatable bonds is 12. The number of aliphatic hydroxyl groups is 3. The van der Waals surface area contributed by atoms with Crippen LogP contribution in [0, 0.1) is 0 Å². The van der Waals surface area contributed by atoms with Crippen molar-refractivity contribution in [2.45, 2.75) is 95.2 Å². The third-order valence-electron chi connectivity index (χ3n) is 4.45. The van der Waals surface area contributed by atoms with Crippen LogP contribution in [0.3, 0.4) is 0 Å². The Morgan fingerprint density at radius 1 is 1.21 bits per heavy atom. The number of carboxylic acids is 1. The Kier molecular flexibility index (Phi) is 10.2. The zero-order valence-corrected chi connectivity index (χ0v) is 14.5. The molecule has 1 unspecified atom stereocenters. The summed E-state index contributed by atoms with van der Waals surface area (Å²) in [6.07, 6.45) is 7.04. The normalized spacial score (nSPS) is 26.8. The van der Waals surface area contributed by atoms with E-state index in [0.717, 1.165) is 25.7 Å². The summed E-state index contributed by atoms with van der Waals surface area (Å²) < 4.78 is 5.62. The molecule has 0 aromatic carbocycles. The van der Waals surface area contributed by atoms with Gasteiger partial charge in [-0.25, -0.2) is 0 Å². The van der Waals surface area contributed by atoms with Gasteiger partial charge in [0.25, 0.3) is 0 Å². The highest BCUT2D eigenvalue weighted by Crippen LogP contribution is 2.25. The lowest BCUT2D eigenvalue weighted by molar-refractivity contribution is -0.137. The van der Waals surface area contributed by atoms with E-state index in [0.29, 0.717) is 25.7 Å². The van der Waals surface area contributed by atoms with E-state index in [1.54, 1.807) is 12.2 Å².